The minimum Gasteiger partial charge on any atom is -0.354 e. The van der Waals surface area contributed by atoms with Crippen LogP contribution in [-0.4, -0.2) is 18.2 Å². The van der Waals surface area contributed by atoms with E-state index < -0.39 is 17.4 Å². The van der Waals surface area contributed by atoms with Crippen molar-refractivity contribution in [3.05, 3.63) is 70.8 Å². The molecule has 1 unspecified atom stereocenters. The van der Waals surface area contributed by atoms with Gasteiger partial charge in [-0.25, -0.2) is 8.78 Å². The van der Waals surface area contributed by atoms with Crippen LogP contribution in [0.2, 0.25) is 0 Å². The summed E-state index contributed by atoms with van der Waals surface area (Å²) < 4.78 is 26.4. The predicted molar refractivity (Wildman–Crippen MR) is 100 cm³/mol. The van der Waals surface area contributed by atoms with Crippen molar-refractivity contribution in [3.63, 3.8) is 0 Å². The second-order valence-electron chi connectivity index (χ2n) is 6.78. The van der Waals surface area contributed by atoms with Crippen LogP contribution in [0.3, 0.4) is 0 Å². The van der Waals surface area contributed by atoms with Crippen molar-refractivity contribution in [2.45, 2.75) is 38.6 Å². The van der Waals surface area contributed by atoms with Crippen LogP contribution in [0.5, 0.6) is 0 Å². The maximum absolute atomic E-state index is 13.6. The van der Waals surface area contributed by atoms with Crippen LogP contribution in [0.15, 0.2) is 42.5 Å². The third kappa shape index (κ3) is 5.96. The number of ketones is 1. The van der Waals surface area contributed by atoms with Gasteiger partial charge in [0.15, 0.2) is 5.78 Å². The summed E-state index contributed by atoms with van der Waals surface area (Å²) in [6.07, 6.45) is -0.249. The fourth-order valence-electron chi connectivity index (χ4n) is 2.64. The molecule has 6 heteroatoms. The summed E-state index contributed by atoms with van der Waals surface area (Å²) in [5.74, 6) is -2.14. The second kappa shape index (κ2) is 9.37. The van der Waals surface area contributed by atoms with E-state index in [0.29, 0.717) is 12.0 Å². The fraction of sp³-hybridized carbons (Fsp3) is 0.333. The van der Waals surface area contributed by atoms with Crippen LogP contribution in [0.25, 0.3) is 0 Å². The Kier molecular flexibility index (Phi) is 7.19. The molecule has 0 saturated carbocycles. The Hall–Kier alpha value is -2.60. The molecule has 0 saturated heterocycles. The van der Waals surface area contributed by atoms with E-state index in [-0.39, 0.29) is 36.9 Å². The van der Waals surface area contributed by atoms with E-state index in [2.05, 4.69) is 19.2 Å². The third-order valence-corrected chi connectivity index (χ3v) is 4.36. The first kappa shape index (κ1) is 20.7. The molecule has 0 heterocycles. The largest absolute Gasteiger partial charge is 0.354 e. The monoisotopic (exact) mass is 374 g/mol. The van der Waals surface area contributed by atoms with Crippen molar-refractivity contribution in [2.24, 2.45) is 5.73 Å². The Balaban J connectivity index is 1.80. The zero-order valence-corrected chi connectivity index (χ0v) is 15.5. The molecular formula is C21H24F2N2O2. The number of rotatable bonds is 8. The zero-order chi connectivity index (χ0) is 20.0. The molecule has 0 bridgehead atoms. The van der Waals surface area contributed by atoms with E-state index in [1.54, 1.807) is 0 Å². The average molecular weight is 374 g/mol. The normalized spacial score (nSPS) is 12.1. The van der Waals surface area contributed by atoms with Crippen LogP contribution in [0, 0.1) is 11.6 Å². The molecule has 2 rings (SSSR count). The predicted octanol–water partition coefficient (Wildman–Crippen LogP) is 3.87. The molecule has 0 fully saturated rings. The van der Waals surface area contributed by atoms with Gasteiger partial charge in [-0.2, -0.15) is 0 Å². The number of halogens is 2. The van der Waals surface area contributed by atoms with Crippen LogP contribution in [0.1, 0.15) is 60.1 Å². The van der Waals surface area contributed by atoms with Crippen molar-refractivity contribution in [3.8, 4) is 0 Å². The standard InChI is InChI=1S/C21H24F2N2O2/c1-13(2)14-3-5-15(6-4-14)19(24)12-25-21(27)10-9-20(26)17-8-7-16(22)11-18(17)23/h3-8,11,13,19H,9-10,12,24H2,1-2H3,(H,25,27). The Morgan fingerprint density at radius 1 is 1.00 bits per heavy atom. The smallest absolute Gasteiger partial charge is 0.220 e. The highest BCUT2D eigenvalue weighted by molar-refractivity contribution is 5.98. The minimum atomic E-state index is -0.924. The van der Waals surface area contributed by atoms with E-state index >= 15 is 0 Å². The lowest BCUT2D eigenvalue weighted by atomic mass is 9.99. The lowest BCUT2D eigenvalue weighted by Crippen LogP contribution is -2.32. The molecule has 2 aromatic rings. The summed E-state index contributed by atoms with van der Waals surface area (Å²) in [6, 6.07) is 10.3. The first-order valence-corrected chi connectivity index (χ1v) is 8.88. The summed E-state index contributed by atoms with van der Waals surface area (Å²) >= 11 is 0. The summed E-state index contributed by atoms with van der Waals surface area (Å²) in [5.41, 5.74) is 7.98. The second-order valence-corrected chi connectivity index (χ2v) is 6.78. The Morgan fingerprint density at radius 3 is 2.22 bits per heavy atom. The van der Waals surface area contributed by atoms with Crippen molar-refractivity contribution in [2.75, 3.05) is 6.54 Å². The quantitative estimate of drug-likeness (QED) is 0.689. The average Bonchev–Trinajstić information content (AvgIpc) is 2.64. The molecule has 0 spiro atoms. The highest BCUT2D eigenvalue weighted by Gasteiger charge is 2.15. The Labute approximate surface area is 157 Å². The summed E-state index contributed by atoms with van der Waals surface area (Å²) in [4.78, 5) is 23.9. The van der Waals surface area contributed by atoms with Crippen molar-refractivity contribution in [1.29, 1.82) is 0 Å². The van der Waals surface area contributed by atoms with Gasteiger partial charge in [-0.05, 0) is 29.2 Å². The molecule has 0 aliphatic rings. The lowest BCUT2D eigenvalue weighted by Gasteiger charge is -2.14. The number of amides is 1. The van der Waals surface area contributed by atoms with Gasteiger partial charge < -0.3 is 11.1 Å². The number of hydrogen-bond donors (Lipinski definition) is 2. The molecule has 27 heavy (non-hydrogen) atoms. The van der Waals surface area contributed by atoms with Crippen molar-refractivity contribution >= 4 is 11.7 Å². The van der Waals surface area contributed by atoms with Gasteiger partial charge in [-0.3, -0.25) is 9.59 Å². The maximum atomic E-state index is 13.6. The van der Waals surface area contributed by atoms with E-state index in [1.807, 2.05) is 24.3 Å². The molecule has 0 aliphatic carbocycles. The highest BCUT2D eigenvalue weighted by atomic mass is 19.1. The maximum Gasteiger partial charge on any atom is 0.220 e. The summed E-state index contributed by atoms with van der Waals surface area (Å²) in [6.45, 7) is 4.45. The van der Waals surface area contributed by atoms with Gasteiger partial charge in [-0.1, -0.05) is 38.1 Å². The van der Waals surface area contributed by atoms with Crippen molar-refractivity contribution in [1.82, 2.24) is 5.32 Å². The molecule has 0 radical (unpaired) electrons. The van der Waals surface area contributed by atoms with Crippen LogP contribution in [-0.2, 0) is 4.79 Å². The molecule has 0 aromatic heterocycles. The molecule has 1 atom stereocenters. The van der Waals surface area contributed by atoms with E-state index in [0.717, 1.165) is 17.7 Å². The molecule has 3 N–H and O–H groups in total. The number of hydrogen-bond acceptors (Lipinski definition) is 3. The Morgan fingerprint density at radius 2 is 1.63 bits per heavy atom. The Bertz CT molecular complexity index is 804. The van der Waals surface area contributed by atoms with Gasteiger partial charge in [-0.15, -0.1) is 0 Å². The van der Waals surface area contributed by atoms with Crippen LogP contribution in [0.4, 0.5) is 8.78 Å². The number of carbonyl (C=O) groups is 2. The molecule has 4 nitrogen and oxygen atoms in total. The molecular weight excluding hydrogens is 350 g/mol. The molecule has 2 aromatic carbocycles. The van der Waals surface area contributed by atoms with Gasteiger partial charge in [0.1, 0.15) is 11.6 Å². The van der Waals surface area contributed by atoms with Gasteiger partial charge in [0.2, 0.25) is 5.91 Å². The minimum absolute atomic E-state index is 0.0886. The zero-order valence-electron chi connectivity index (χ0n) is 15.5. The van der Waals surface area contributed by atoms with Crippen LogP contribution < -0.4 is 11.1 Å². The molecule has 144 valence electrons. The lowest BCUT2D eigenvalue weighted by molar-refractivity contribution is -0.121. The topological polar surface area (TPSA) is 72.2 Å². The summed E-state index contributed by atoms with van der Waals surface area (Å²) in [5, 5.41) is 2.68. The fourth-order valence-corrected chi connectivity index (χ4v) is 2.64. The number of nitrogens with one attached hydrogen (secondary N) is 1. The first-order valence-electron chi connectivity index (χ1n) is 8.88. The number of benzene rings is 2. The first-order chi connectivity index (χ1) is 12.8. The molecule has 0 aliphatic heterocycles. The number of carbonyl (C=O) groups excluding carboxylic acids is 2. The third-order valence-electron chi connectivity index (χ3n) is 4.36. The van der Waals surface area contributed by atoms with E-state index in [9.17, 15) is 18.4 Å². The van der Waals surface area contributed by atoms with E-state index in [1.165, 1.54) is 5.56 Å². The summed E-state index contributed by atoms with van der Waals surface area (Å²) in [7, 11) is 0. The van der Waals surface area contributed by atoms with Gasteiger partial charge in [0.25, 0.3) is 0 Å². The van der Waals surface area contributed by atoms with Gasteiger partial charge in [0, 0.05) is 31.5 Å². The SMILES string of the molecule is CC(C)c1ccc(C(N)CNC(=O)CCC(=O)c2ccc(F)cc2F)cc1. The number of nitrogens with two attached hydrogens (primary N) is 1. The van der Waals surface area contributed by atoms with Crippen LogP contribution >= 0.6 is 0 Å². The van der Waals surface area contributed by atoms with E-state index in [4.69, 9.17) is 5.73 Å². The van der Waals surface area contributed by atoms with Crippen molar-refractivity contribution < 1.29 is 18.4 Å². The number of Topliss-reactive ketones (excluding diaryl/α,β-unsaturated/α-hetero) is 1. The van der Waals surface area contributed by atoms with Gasteiger partial charge in [0.05, 0.1) is 5.56 Å². The highest BCUT2D eigenvalue weighted by Crippen LogP contribution is 2.17. The van der Waals surface area contributed by atoms with Gasteiger partial charge >= 0.3 is 0 Å². The molecule has 1 amide bonds.